The van der Waals surface area contributed by atoms with Crippen LogP contribution in [0, 0.1) is 12.8 Å². The zero-order valence-corrected chi connectivity index (χ0v) is 15.3. The standard InChI is InChI=1S/C20H22N4O3/c1-14-11-21-13-24(20(14)26)12-15-6-8-23(9-7-15)19(25)10-17-16-4-2-3-5-18(16)27-22-17/h2-5,11,13,15H,6-10,12H2,1H3. The maximum absolute atomic E-state index is 12.7. The molecule has 0 bridgehead atoms. The average Bonchev–Trinajstić information content (AvgIpc) is 3.09. The first kappa shape index (κ1) is 17.5. The van der Waals surface area contributed by atoms with Gasteiger partial charge in [0.2, 0.25) is 5.91 Å². The molecule has 0 saturated carbocycles. The van der Waals surface area contributed by atoms with Gasteiger partial charge < -0.3 is 9.42 Å². The van der Waals surface area contributed by atoms with Crippen molar-refractivity contribution in [1.29, 1.82) is 0 Å². The summed E-state index contributed by atoms with van der Waals surface area (Å²) in [5.74, 6) is 0.449. The second-order valence-corrected chi connectivity index (χ2v) is 7.16. The third-order valence-corrected chi connectivity index (χ3v) is 5.27. The lowest BCUT2D eigenvalue weighted by molar-refractivity contribution is -0.132. The van der Waals surface area contributed by atoms with Gasteiger partial charge in [0.15, 0.2) is 5.58 Å². The van der Waals surface area contributed by atoms with E-state index in [-0.39, 0.29) is 17.9 Å². The zero-order chi connectivity index (χ0) is 18.8. The molecule has 3 heterocycles. The van der Waals surface area contributed by atoms with Crippen molar-refractivity contribution in [2.24, 2.45) is 5.92 Å². The molecule has 7 heteroatoms. The zero-order valence-electron chi connectivity index (χ0n) is 15.3. The van der Waals surface area contributed by atoms with Gasteiger partial charge in [-0.05, 0) is 37.8 Å². The van der Waals surface area contributed by atoms with E-state index >= 15 is 0 Å². The highest BCUT2D eigenvalue weighted by Gasteiger charge is 2.24. The van der Waals surface area contributed by atoms with Crippen LogP contribution in [0.1, 0.15) is 24.1 Å². The Morgan fingerprint density at radius 3 is 2.85 bits per heavy atom. The second kappa shape index (κ2) is 7.34. The number of carbonyl (C=O) groups excluding carboxylic acids is 1. The molecule has 27 heavy (non-hydrogen) atoms. The number of likely N-dealkylation sites (tertiary alicyclic amines) is 1. The summed E-state index contributed by atoms with van der Waals surface area (Å²) in [6.07, 6.45) is 5.20. The molecule has 7 nitrogen and oxygen atoms in total. The summed E-state index contributed by atoms with van der Waals surface area (Å²) in [7, 11) is 0. The predicted molar refractivity (Wildman–Crippen MR) is 100 cm³/mol. The Bertz CT molecular complexity index is 1020. The molecule has 0 aliphatic carbocycles. The van der Waals surface area contributed by atoms with Gasteiger partial charge in [-0.3, -0.25) is 14.2 Å². The molecule has 1 fully saturated rings. The summed E-state index contributed by atoms with van der Waals surface area (Å²) >= 11 is 0. The van der Waals surface area contributed by atoms with Crippen LogP contribution in [0.2, 0.25) is 0 Å². The number of amides is 1. The molecule has 0 radical (unpaired) electrons. The van der Waals surface area contributed by atoms with Gasteiger partial charge in [0, 0.05) is 36.8 Å². The van der Waals surface area contributed by atoms with Crippen molar-refractivity contribution in [2.45, 2.75) is 32.7 Å². The van der Waals surface area contributed by atoms with Crippen LogP contribution >= 0.6 is 0 Å². The van der Waals surface area contributed by atoms with E-state index < -0.39 is 0 Å². The molecule has 140 valence electrons. The number of aromatic nitrogens is 3. The van der Waals surface area contributed by atoms with Crippen LogP contribution in [0.3, 0.4) is 0 Å². The van der Waals surface area contributed by atoms with Crippen LogP contribution in [0.25, 0.3) is 11.0 Å². The van der Waals surface area contributed by atoms with Gasteiger partial charge in [0.05, 0.1) is 12.7 Å². The van der Waals surface area contributed by atoms with E-state index in [2.05, 4.69) is 10.1 Å². The fraction of sp³-hybridized carbons (Fsp3) is 0.400. The lowest BCUT2D eigenvalue weighted by atomic mass is 9.96. The summed E-state index contributed by atoms with van der Waals surface area (Å²) in [5.41, 5.74) is 2.07. The molecule has 0 N–H and O–H groups in total. The fourth-order valence-electron chi connectivity index (χ4n) is 3.65. The van der Waals surface area contributed by atoms with Crippen LogP contribution in [0.15, 0.2) is 46.1 Å². The first-order valence-electron chi connectivity index (χ1n) is 9.24. The molecular weight excluding hydrogens is 344 g/mol. The van der Waals surface area contributed by atoms with Crippen LogP contribution in [0.4, 0.5) is 0 Å². The Hall–Kier alpha value is -2.96. The molecule has 0 spiro atoms. The molecule has 2 aromatic heterocycles. The van der Waals surface area contributed by atoms with Crippen molar-refractivity contribution < 1.29 is 9.32 Å². The summed E-state index contributed by atoms with van der Waals surface area (Å²) in [6.45, 7) is 3.84. The number of piperidine rings is 1. The number of benzene rings is 1. The smallest absolute Gasteiger partial charge is 0.256 e. The first-order chi connectivity index (χ1) is 13.1. The van der Waals surface area contributed by atoms with E-state index in [1.165, 1.54) is 0 Å². The summed E-state index contributed by atoms with van der Waals surface area (Å²) in [6, 6.07) is 7.58. The highest BCUT2D eigenvalue weighted by molar-refractivity contribution is 5.86. The van der Waals surface area contributed by atoms with Crippen molar-refractivity contribution in [2.75, 3.05) is 13.1 Å². The van der Waals surface area contributed by atoms with E-state index in [0.29, 0.717) is 42.4 Å². The number of hydrogen-bond donors (Lipinski definition) is 0. The molecule has 1 aliphatic heterocycles. The third kappa shape index (κ3) is 3.63. The van der Waals surface area contributed by atoms with E-state index in [1.54, 1.807) is 24.0 Å². The Kier molecular flexibility index (Phi) is 4.75. The number of nitrogens with zero attached hydrogens (tertiary/aromatic N) is 4. The van der Waals surface area contributed by atoms with Gasteiger partial charge >= 0.3 is 0 Å². The fourth-order valence-corrected chi connectivity index (χ4v) is 3.65. The molecule has 1 aromatic carbocycles. The van der Waals surface area contributed by atoms with Gasteiger partial charge in [0.1, 0.15) is 5.69 Å². The van der Waals surface area contributed by atoms with Gasteiger partial charge in [0.25, 0.3) is 5.56 Å². The minimum absolute atomic E-state index is 0.0152. The number of carbonyl (C=O) groups is 1. The summed E-state index contributed by atoms with van der Waals surface area (Å²) < 4.78 is 6.96. The highest BCUT2D eigenvalue weighted by atomic mass is 16.5. The Morgan fingerprint density at radius 2 is 2.04 bits per heavy atom. The van der Waals surface area contributed by atoms with E-state index in [4.69, 9.17) is 4.52 Å². The van der Waals surface area contributed by atoms with Crippen LogP contribution in [-0.4, -0.2) is 38.6 Å². The van der Waals surface area contributed by atoms with E-state index in [9.17, 15) is 9.59 Å². The molecule has 1 saturated heterocycles. The first-order valence-corrected chi connectivity index (χ1v) is 9.24. The quantitative estimate of drug-likeness (QED) is 0.707. The molecule has 1 aliphatic rings. The van der Waals surface area contributed by atoms with Crippen LogP contribution in [-0.2, 0) is 17.8 Å². The van der Waals surface area contributed by atoms with Gasteiger partial charge in [-0.25, -0.2) is 4.98 Å². The maximum atomic E-state index is 12.7. The normalized spacial score (nSPS) is 15.4. The third-order valence-electron chi connectivity index (χ3n) is 5.27. The molecule has 1 amide bonds. The van der Waals surface area contributed by atoms with E-state index in [1.807, 2.05) is 29.2 Å². The largest absolute Gasteiger partial charge is 0.356 e. The van der Waals surface area contributed by atoms with Crippen molar-refractivity contribution in [3.8, 4) is 0 Å². The van der Waals surface area contributed by atoms with Gasteiger partial charge in [-0.2, -0.15) is 0 Å². The number of fused-ring (bicyclic) bond motifs is 1. The van der Waals surface area contributed by atoms with Gasteiger partial charge in [-0.15, -0.1) is 0 Å². The van der Waals surface area contributed by atoms with Gasteiger partial charge in [-0.1, -0.05) is 17.3 Å². The van der Waals surface area contributed by atoms with Crippen molar-refractivity contribution in [3.05, 3.63) is 58.4 Å². The number of para-hydroxylation sites is 1. The number of hydrogen-bond acceptors (Lipinski definition) is 5. The Labute approximate surface area is 156 Å². The van der Waals surface area contributed by atoms with Crippen LogP contribution < -0.4 is 5.56 Å². The summed E-state index contributed by atoms with van der Waals surface area (Å²) in [5, 5.41) is 4.95. The van der Waals surface area contributed by atoms with Crippen LogP contribution in [0.5, 0.6) is 0 Å². The molecular formula is C20H22N4O3. The molecule has 0 unspecified atom stereocenters. The topological polar surface area (TPSA) is 81.2 Å². The summed E-state index contributed by atoms with van der Waals surface area (Å²) in [4.78, 5) is 30.8. The maximum Gasteiger partial charge on any atom is 0.256 e. The molecule has 0 atom stereocenters. The number of rotatable bonds is 4. The molecule has 4 rings (SSSR count). The average molecular weight is 366 g/mol. The Balaban J connectivity index is 1.35. The highest BCUT2D eigenvalue weighted by Crippen LogP contribution is 2.22. The van der Waals surface area contributed by atoms with Crippen molar-refractivity contribution in [3.63, 3.8) is 0 Å². The second-order valence-electron chi connectivity index (χ2n) is 7.16. The molecule has 3 aromatic rings. The Morgan fingerprint density at radius 1 is 1.26 bits per heavy atom. The predicted octanol–water partition coefficient (Wildman–Crippen LogP) is 2.17. The minimum atomic E-state index is 0.0152. The van der Waals surface area contributed by atoms with E-state index in [0.717, 1.165) is 18.2 Å². The number of aryl methyl sites for hydroxylation is 1. The van der Waals surface area contributed by atoms with Crippen molar-refractivity contribution >= 4 is 16.9 Å². The lowest BCUT2D eigenvalue weighted by Crippen LogP contribution is -2.40. The SMILES string of the molecule is Cc1cncn(CC2CCN(C(=O)Cc3noc4ccccc34)CC2)c1=O. The van der Waals surface area contributed by atoms with Crippen molar-refractivity contribution in [1.82, 2.24) is 19.6 Å². The minimum Gasteiger partial charge on any atom is -0.356 e. The monoisotopic (exact) mass is 366 g/mol. The lowest BCUT2D eigenvalue weighted by Gasteiger charge is -2.32.